The molecule has 0 radical (unpaired) electrons. The number of nitrogens with zero attached hydrogens (tertiary/aromatic N) is 2. The van der Waals surface area contributed by atoms with Crippen LogP contribution in [0.1, 0.15) is 51.8 Å². The quantitative estimate of drug-likeness (QED) is 0.817. The second kappa shape index (κ2) is 5.11. The van der Waals surface area contributed by atoms with Crippen LogP contribution in [0.25, 0.3) is 0 Å². The highest BCUT2D eigenvalue weighted by atomic mass is 16.6. The van der Waals surface area contributed by atoms with Gasteiger partial charge >= 0.3 is 6.09 Å². The van der Waals surface area contributed by atoms with Crippen molar-refractivity contribution in [1.29, 1.82) is 0 Å². The Labute approximate surface area is 113 Å². The van der Waals surface area contributed by atoms with Gasteiger partial charge in [0.1, 0.15) is 11.4 Å². The van der Waals surface area contributed by atoms with Gasteiger partial charge in [-0.25, -0.2) is 4.79 Å². The third kappa shape index (κ3) is 3.39. The van der Waals surface area contributed by atoms with Gasteiger partial charge in [0.2, 0.25) is 0 Å². The number of carbonyl (C=O) groups excluding carboxylic acids is 1. The van der Waals surface area contributed by atoms with Crippen molar-refractivity contribution in [2.45, 2.75) is 51.7 Å². The first kappa shape index (κ1) is 13.7. The molecule has 1 saturated heterocycles. The van der Waals surface area contributed by atoms with Crippen molar-refractivity contribution in [3.05, 3.63) is 11.8 Å². The molecule has 2 rings (SSSR count). The van der Waals surface area contributed by atoms with Gasteiger partial charge in [0.05, 0.1) is 11.7 Å². The summed E-state index contributed by atoms with van der Waals surface area (Å²) in [5.41, 5.74) is 6.03. The van der Waals surface area contributed by atoms with E-state index in [0.717, 1.165) is 25.0 Å². The lowest BCUT2D eigenvalue weighted by atomic mass is 10.00. The molecule has 1 aliphatic rings. The Hall–Kier alpha value is -1.72. The number of rotatable bonds is 1. The molecule has 0 aromatic carbocycles. The molecule has 1 fully saturated rings. The Morgan fingerprint density at radius 1 is 1.53 bits per heavy atom. The van der Waals surface area contributed by atoms with Crippen molar-refractivity contribution >= 4 is 11.9 Å². The first-order valence-corrected chi connectivity index (χ1v) is 6.67. The van der Waals surface area contributed by atoms with Crippen LogP contribution in [0.3, 0.4) is 0 Å². The molecule has 106 valence electrons. The Balaban J connectivity index is 2.14. The van der Waals surface area contributed by atoms with Crippen molar-refractivity contribution in [3.63, 3.8) is 0 Å². The number of ether oxygens (including phenoxy) is 1. The van der Waals surface area contributed by atoms with Crippen LogP contribution in [0.5, 0.6) is 0 Å². The molecule has 1 unspecified atom stereocenters. The molecule has 19 heavy (non-hydrogen) atoms. The maximum absolute atomic E-state index is 12.2. The van der Waals surface area contributed by atoms with Crippen LogP contribution < -0.4 is 5.73 Å². The van der Waals surface area contributed by atoms with E-state index in [1.807, 2.05) is 20.8 Å². The van der Waals surface area contributed by atoms with Gasteiger partial charge in [0.15, 0.2) is 0 Å². The molecule has 6 heteroatoms. The van der Waals surface area contributed by atoms with Gasteiger partial charge in [0.25, 0.3) is 0 Å². The lowest BCUT2D eigenvalue weighted by Gasteiger charge is -2.36. The average molecular weight is 266 g/mol. The standard InChI is InChI=1S/C13H22N4O2/c1-13(2,3)19-12(18)17-7-5-4-6-10(17)9-8-11(14)16-15-9/h8,10H,4-7H2,1-3H3,(H3,14,15,16). The minimum absolute atomic E-state index is 0.0200. The van der Waals surface area contributed by atoms with E-state index >= 15 is 0 Å². The predicted octanol–water partition coefficient (Wildman–Crippen LogP) is 2.45. The molecule has 1 aromatic rings. The first-order chi connectivity index (χ1) is 8.87. The van der Waals surface area contributed by atoms with Crippen LogP contribution in [-0.4, -0.2) is 33.3 Å². The van der Waals surface area contributed by atoms with E-state index in [2.05, 4.69) is 10.2 Å². The van der Waals surface area contributed by atoms with Crippen molar-refractivity contribution in [2.24, 2.45) is 0 Å². The number of aromatic amines is 1. The molecule has 0 aliphatic carbocycles. The topological polar surface area (TPSA) is 84.2 Å². The fourth-order valence-corrected chi connectivity index (χ4v) is 2.32. The number of hydrogen-bond acceptors (Lipinski definition) is 4. The minimum atomic E-state index is -0.480. The molecular formula is C13H22N4O2. The van der Waals surface area contributed by atoms with E-state index < -0.39 is 5.60 Å². The van der Waals surface area contributed by atoms with Crippen molar-refractivity contribution in [2.75, 3.05) is 12.3 Å². The zero-order chi connectivity index (χ0) is 14.0. The van der Waals surface area contributed by atoms with E-state index in [1.54, 1.807) is 11.0 Å². The van der Waals surface area contributed by atoms with Gasteiger partial charge < -0.3 is 10.5 Å². The molecule has 2 heterocycles. The van der Waals surface area contributed by atoms with Gasteiger partial charge in [-0.2, -0.15) is 5.10 Å². The molecule has 0 saturated carbocycles. The number of H-pyrrole nitrogens is 1. The molecule has 1 amide bonds. The number of nitrogens with two attached hydrogens (primary N) is 1. The zero-order valence-electron chi connectivity index (χ0n) is 11.8. The summed E-state index contributed by atoms with van der Waals surface area (Å²) >= 11 is 0. The van der Waals surface area contributed by atoms with Crippen LogP contribution in [0.2, 0.25) is 0 Å². The second-order valence-corrected chi connectivity index (χ2v) is 5.93. The Morgan fingerprint density at radius 2 is 2.26 bits per heavy atom. The molecule has 1 aromatic heterocycles. The van der Waals surface area contributed by atoms with Crippen LogP contribution >= 0.6 is 0 Å². The summed E-state index contributed by atoms with van der Waals surface area (Å²) in [4.78, 5) is 14.0. The molecular weight excluding hydrogens is 244 g/mol. The number of amides is 1. The lowest BCUT2D eigenvalue weighted by molar-refractivity contribution is 0.00900. The maximum atomic E-state index is 12.2. The highest BCUT2D eigenvalue weighted by molar-refractivity contribution is 5.69. The zero-order valence-corrected chi connectivity index (χ0v) is 11.8. The molecule has 1 atom stereocenters. The number of carbonyl (C=O) groups is 1. The third-order valence-electron chi connectivity index (χ3n) is 3.11. The summed E-state index contributed by atoms with van der Waals surface area (Å²) in [6.07, 6.45) is 2.72. The Morgan fingerprint density at radius 3 is 2.84 bits per heavy atom. The summed E-state index contributed by atoms with van der Waals surface area (Å²) < 4.78 is 5.46. The van der Waals surface area contributed by atoms with E-state index in [9.17, 15) is 4.79 Å². The van der Waals surface area contributed by atoms with Crippen LogP contribution in [0.15, 0.2) is 6.07 Å². The normalized spacial score (nSPS) is 20.4. The summed E-state index contributed by atoms with van der Waals surface area (Å²) in [6, 6.07) is 1.77. The lowest BCUT2D eigenvalue weighted by Crippen LogP contribution is -2.42. The van der Waals surface area contributed by atoms with E-state index in [1.165, 1.54) is 0 Å². The van der Waals surface area contributed by atoms with Gasteiger partial charge in [-0.15, -0.1) is 0 Å². The number of hydrogen-bond donors (Lipinski definition) is 2. The van der Waals surface area contributed by atoms with Crippen molar-refractivity contribution in [3.8, 4) is 0 Å². The molecule has 6 nitrogen and oxygen atoms in total. The van der Waals surface area contributed by atoms with E-state index in [-0.39, 0.29) is 12.1 Å². The number of piperidine rings is 1. The van der Waals surface area contributed by atoms with Crippen LogP contribution in [0.4, 0.5) is 10.6 Å². The first-order valence-electron chi connectivity index (χ1n) is 6.67. The van der Waals surface area contributed by atoms with E-state index in [0.29, 0.717) is 12.4 Å². The minimum Gasteiger partial charge on any atom is -0.444 e. The summed E-state index contributed by atoms with van der Waals surface area (Å²) in [5, 5.41) is 6.83. The largest absolute Gasteiger partial charge is 0.444 e. The second-order valence-electron chi connectivity index (χ2n) is 5.93. The molecule has 0 spiro atoms. The Bertz CT molecular complexity index is 450. The Kier molecular flexibility index (Phi) is 3.68. The summed E-state index contributed by atoms with van der Waals surface area (Å²) in [7, 11) is 0. The third-order valence-corrected chi connectivity index (χ3v) is 3.11. The van der Waals surface area contributed by atoms with Crippen LogP contribution in [0, 0.1) is 0 Å². The highest BCUT2D eigenvalue weighted by Gasteiger charge is 2.32. The van der Waals surface area contributed by atoms with Crippen LogP contribution in [-0.2, 0) is 4.74 Å². The van der Waals surface area contributed by atoms with Crippen molar-refractivity contribution in [1.82, 2.24) is 15.1 Å². The predicted molar refractivity (Wildman–Crippen MR) is 72.5 cm³/mol. The number of likely N-dealkylation sites (tertiary alicyclic amines) is 1. The molecule has 1 aliphatic heterocycles. The number of nitrogens with one attached hydrogen (secondary N) is 1. The number of aromatic nitrogens is 2. The number of nitrogen functional groups attached to an aromatic ring is 1. The summed E-state index contributed by atoms with van der Waals surface area (Å²) in [5.74, 6) is 0.449. The molecule has 3 N–H and O–H groups in total. The van der Waals surface area contributed by atoms with E-state index in [4.69, 9.17) is 10.5 Å². The van der Waals surface area contributed by atoms with Crippen molar-refractivity contribution < 1.29 is 9.53 Å². The summed E-state index contributed by atoms with van der Waals surface area (Å²) in [6.45, 7) is 6.33. The monoisotopic (exact) mass is 266 g/mol. The highest BCUT2D eigenvalue weighted by Crippen LogP contribution is 2.31. The maximum Gasteiger partial charge on any atom is 0.410 e. The van der Waals surface area contributed by atoms with Gasteiger partial charge in [-0.05, 0) is 40.0 Å². The smallest absolute Gasteiger partial charge is 0.410 e. The van der Waals surface area contributed by atoms with Gasteiger partial charge in [-0.1, -0.05) is 0 Å². The van der Waals surface area contributed by atoms with Gasteiger partial charge in [0, 0.05) is 12.6 Å². The number of anilines is 1. The fourth-order valence-electron chi connectivity index (χ4n) is 2.32. The average Bonchev–Trinajstić information content (AvgIpc) is 2.73. The fraction of sp³-hybridized carbons (Fsp3) is 0.692. The van der Waals surface area contributed by atoms with Gasteiger partial charge in [-0.3, -0.25) is 10.00 Å². The SMILES string of the molecule is CC(C)(C)OC(=O)N1CCCCC1c1cc(N)n[nH]1. The molecule has 0 bridgehead atoms.